The summed E-state index contributed by atoms with van der Waals surface area (Å²) in [5.41, 5.74) is 0. The van der Waals surface area contributed by atoms with Gasteiger partial charge in [0.05, 0.1) is 0 Å². The Bertz CT molecular complexity index is 555. The topological polar surface area (TPSA) is 94.6 Å². The maximum absolute atomic E-state index is 12.0. The number of anilines is 1. The molecule has 0 unspecified atom stereocenters. The first-order valence-corrected chi connectivity index (χ1v) is 7.62. The second kappa shape index (κ2) is 6.16. The Kier molecular flexibility index (Phi) is 4.53. The van der Waals surface area contributed by atoms with Crippen molar-refractivity contribution in [2.45, 2.75) is 0 Å². The average Bonchev–Trinajstić information content (AvgIpc) is 2.48. The Balaban J connectivity index is 1.89. The molecular weight excluding hydrogens is 282 g/mol. The number of amides is 2. The summed E-state index contributed by atoms with van der Waals surface area (Å²) in [4.78, 5) is 17.6. The lowest BCUT2D eigenvalue weighted by molar-refractivity contribution is 0.184. The summed E-state index contributed by atoms with van der Waals surface area (Å²) in [6.07, 6.45) is 1.59. The van der Waals surface area contributed by atoms with E-state index in [0.717, 1.165) is 0 Å². The van der Waals surface area contributed by atoms with Crippen molar-refractivity contribution in [2.75, 3.05) is 38.5 Å². The fourth-order valence-electron chi connectivity index (χ4n) is 1.89. The zero-order valence-electron chi connectivity index (χ0n) is 11.1. The van der Waals surface area contributed by atoms with Gasteiger partial charge in [0.2, 0.25) is 0 Å². The molecule has 9 heteroatoms. The maximum Gasteiger partial charge on any atom is 0.323 e. The normalized spacial score (nSPS) is 16.9. The van der Waals surface area contributed by atoms with Gasteiger partial charge in [-0.05, 0) is 12.1 Å². The van der Waals surface area contributed by atoms with Crippen molar-refractivity contribution in [1.29, 1.82) is 0 Å². The van der Waals surface area contributed by atoms with Crippen LogP contribution < -0.4 is 10.0 Å². The molecular formula is C11H17N5O3S. The van der Waals surface area contributed by atoms with Gasteiger partial charge in [-0.25, -0.2) is 14.5 Å². The van der Waals surface area contributed by atoms with E-state index in [1.165, 1.54) is 11.4 Å². The summed E-state index contributed by atoms with van der Waals surface area (Å²) in [5.74, 6) is 0.475. The molecule has 0 spiro atoms. The molecule has 110 valence electrons. The number of urea groups is 1. The highest BCUT2D eigenvalue weighted by Gasteiger charge is 2.27. The molecule has 0 radical (unpaired) electrons. The van der Waals surface area contributed by atoms with E-state index in [4.69, 9.17) is 0 Å². The predicted octanol–water partition coefficient (Wildman–Crippen LogP) is -0.305. The number of carbonyl (C=O) groups excluding carboxylic acids is 1. The van der Waals surface area contributed by atoms with Crippen LogP contribution in [0.3, 0.4) is 0 Å². The number of hydrogen-bond donors (Lipinski definition) is 2. The van der Waals surface area contributed by atoms with Crippen LogP contribution >= 0.6 is 0 Å². The van der Waals surface area contributed by atoms with Gasteiger partial charge in [-0.1, -0.05) is 6.07 Å². The number of hydrogen-bond acceptors (Lipinski definition) is 4. The summed E-state index contributed by atoms with van der Waals surface area (Å²) in [6, 6.07) is 4.96. The number of rotatable bonds is 3. The summed E-state index contributed by atoms with van der Waals surface area (Å²) in [7, 11) is -2.05. The van der Waals surface area contributed by atoms with Crippen molar-refractivity contribution in [3.63, 3.8) is 0 Å². The van der Waals surface area contributed by atoms with Crippen molar-refractivity contribution >= 4 is 22.1 Å². The van der Waals surface area contributed by atoms with Crippen LogP contribution in [0.15, 0.2) is 24.4 Å². The van der Waals surface area contributed by atoms with Crippen molar-refractivity contribution in [3.05, 3.63) is 24.4 Å². The second-order valence-electron chi connectivity index (χ2n) is 4.24. The molecule has 2 heterocycles. The van der Waals surface area contributed by atoms with Gasteiger partial charge in [0.15, 0.2) is 0 Å². The second-order valence-corrected chi connectivity index (χ2v) is 6.12. The lowest BCUT2D eigenvalue weighted by Crippen LogP contribution is -2.53. The molecule has 0 saturated carbocycles. The van der Waals surface area contributed by atoms with Gasteiger partial charge in [0.1, 0.15) is 5.82 Å². The molecule has 2 N–H and O–H groups in total. The smallest absolute Gasteiger partial charge is 0.322 e. The highest BCUT2D eigenvalue weighted by atomic mass is 32.2. The molecule has 1 saturated heterocycles. The first-order valence-electron chi connectivity index (χ1n) is 6.18. The number of carbonyl (C=O) groups is 1. The van der Waals surface area contributed by atoms with Crippen LogP contribution in [0.2, 0.25) is 0 Å². The summed E-state index contributed by atoms with van der Waals surface area (Å²) >= 11 is 0. The fourth-order valence-corrected chi connectivity index (χ4v) is 2.79. The number of nitrogens with zero attached hydrogens (tertiary/aromatic N) is 3. The van der Waals surface area contributed by atoms with E-state index >= 15 is 0 Å². The van der Waals surface area contributed by atoms with Crippen LogP contribution in [0.5, 0.6) is 0 Å². The Labute approximate surface area is 118 Å². The Hall–Kier alpha value is -1.71. The minimum atomic E-state index is -3.42. The first kappa shape index (κ1) is 14.7. The zero-order chi connectivity index (χ0) is 14.6. The van der Waals surface area contributed by atoms with E-state index in [2.05, 4.69) is 15.0 Å². The third-order valence-electron chi connectivity index (χ3n) is 3.02. The molecule has 20 heavy (non-hydrogen) atoms. The highest BCUT2D eigenvalue weighted by Crippen LogP contribution is 2.08. The Morgan fingerprint density at radius 2 is 1.95 bits per heavy atom. The minimum Gasteiger partial charge on any atom is -0.322 e. The minimum absolute atomic E-state index is 0.273. The quantitative estimate of drug-likeness (QED) is 0.801. The predicted molar refractivity (Wildman–Crippen MR) is 74.4 cm³/mol. The van der Waals surface area contributed by atoms with Gasteiger partial charge >= 0.3 is 6.03 Å². The van der Waals surface area contributed by atoms with Crippen molar-refractivity contribution in [2.24, 2.45) is 0 Å². The standard InChI is InChI=1S/C11H17N5O3S/c1-12-20(18,19)16-8-6-15(7-9-16)11(17)14-10-4-2-3-5-13-10/h2-5,12H,6-9H2,1H3,(H,13,14,17). The monoisotopic (exact) mass is 299 g/mol. The molecule has 1 aliphatic heterocycles. The van der Waals surface area contributed by atoms with Gasteiger partial charge < -0.3 is 4.90 Å². The third kappa shape index (κ3) is 3.44. The lowest BCUT2D eigenvalue weighted by Gasteiger charge is -2.33. The maximum atomic E-state index is 12.0. The van der Waals surface area contributed by atoms with Crippen LogP contribution in [-0.2, 0) is 10.2 Å². The van der Waals surface area contributed by atoms with E-state index < -0.39 is 10.2 Å². The highest BCUT2D eigenvalue weighted by molar-refractivity contribution is 7.87. The van der Waals surface area contributed by atoms with Gasteiger partial charge in [0, 0.05) is 39.4 Å². The largest absolute Gasteiger partial charge is 0.323 e. The molecule has 1 fully saturated rings. The summed E-state index contributed by atoms with van der Waals surface area (Å²) in [6.45, 7) is 1.25. The summed E-state index contributed by atoms with van der Waals surface area (Å²) < 4.78 is 26.8. The number of aromatic nitrogens is 1. The van der Waals surface area contributed by atoms with Crippen LogP contribution in [-0.4, -0.2) is 61.9 Å². The summed E-state index contributed by atoms with van der Waals surface area (Å²) in [5, 5.41) is 2.67. The SMILES string of the molecule is CNS(=O)(=O)N1CCN(C(=O)Nc2ccccn2)CC1. The first-order chi connectivity index (χ1) is 9.53. The van der Waals surface area contributed by atoms with E-state index in [1.54, 1.807) is 29.3 Å². The average molecular weight is 299 g/mol. The molecule has 1 aromatic rings. The zero-order valence-corrected chi connectivity index (χ0v) is 11.9. The molecule has 1 aliphatic rings. The van der Waals surface area contributed by atoms with Crippen LogP contribution in [0.1, 0.15) is 0 Å². The molecule has 0 atom stereocenters. The van der Waals surface area contributed by atoms with Crippen LogP contribution in [0.25, 0.3) is 0 Å². The fraction of sp³-hybridized carbons (Fsp3) is 0.455. The molecule has 0 aliphatic carbocycles. The number of nitrogens with one attached hydrogen (secondary N) is 2. The van der Waals surface area contributed by atoms with Gasteiger partial charge in [-0.2, -0.15) is 12.7 Å². The van der Waals surface area contributed by atoms with Crippen molar-refractivity contribution in [1.82, 2.24) is 18.9 Å². The molecule has 1 aromatic heterocycles. The van der Waals surface area contributed by atoms with Crippen molar-refractivity contribution < 1.29 is 13.2 Å². The van der Waals surface area contributed by atoms with E-state index in [1.807, 2.05) is 0 Å². The van der Waals surface area contributed by atoms with Gasteiger partial charge in [-0.3, -0.25) is 5.32 Å². The molecule has 2 rings (SSSR count). The molecule has 0 bridgehead atoms. The molecule has 8 nitrogen and oxygen atoms in total. The van der Waals surface area contributed by atoms with E-state index in [0.29, 0.717) is 18.9 Å². The number of pyridine rings is 1. The molecule has 0 aromatic carbocycles. The number of piperazine rings is 1. The van der Waals surface area contributed by atoms with E-state index in [9.17, 15) is 13.2 Å². The van der Waals surface area contributed by atoms with E-state index in [-0.39, 0.29) is 19.1 Å². The molecule has 2 amide bonds. The Morgan fingerprint density at radius 1 is 1.25 bits per heavy atom. The van der Waals surface area contributed by atoms with Crippen LogP contribution in [0.4, 0.5) is 10.6 Å². The lowest BCUT2D eigenvalue weighted by atomic mass is 10.4. The van der Waals surface area contributed by atoms with Gasteiger partial charge in [0.25, 0.3) is 10.2 Å². The van der Waals surface area contributed by atoms with Crippen molar-refractivity contribution in [3.8, 4) is 0 Å². The Morgan fingerprint density at radius 3 is 2.50 bits per heavy atom. The third-order valence-corrected chi connectivity index (χ3v) is 4.58. The van der Waals surface area contributed by atoms with Crippen LogP contribution in [0, 0.1) is 0 Å². The van der Waals surface area contributed by atoms with Gasteiger partial charge in [-0.15, -0.1) is 0 Å².